The van der Waals surface area contributed by atoms with E-state index in [0.29, 0.717) is 6.42 Å². The Hall–Kier alpha value is -0.390. The summed E-state index contributed by atoms with van der Waals surface area (Å²) in [5.74, 6) is -1.57. The molecule has 0 radical (unpaired) electrons. The Morgan fingerprint density at radius 1 is 1.25 bits per heavy atom. The second-order valence-corrected chi connectivity index (χ2v) is 8.11. The lowest BCUT2D eigenvalue weighted by Gasteiger charge is -2.25. The maximum absolute atomic E-state index is 11.6. The van der Waals surface area contributed by atoms with Crippen LogP contribution in [0.1, 0.15) is 40.5 Å². The molecule has 0 saturated heterocycles. The van der Waals surface area contributed by atoms with Crippen molar-refractivity contribution in [2.75, 3.05) is 0 Å². The smallest absolute Gasteiger partial charge is 0.408 e. The van der Waals surface area contributed by atoms with Crippen molar-refractivity contribution in [3.8, 4) is 0 Å². The molecule has 0 aromatic heterocycles. The zero-order valence-corrected chi connectivity index (χ0v) is 14.1. The highest BCUT2D eigenvalue weighted by Gasteiger charge is 2.30. The number of carboxylic acids is 1. The maximum Gasteiger partial charge on any atom is 0.408 e. The van der Waals surface area contributed by atoms with Crippen LogP contribution in [0.25, 0.3) is 0 Å². The average Bonchev–Trinajstić information content (AvgIpc) is 2.18. The minimum atomic E-state index is -1.44. The first-order valence-corrected chi connectivity index (χ1v) is 7.24. The van der Waals surface area contributed by atoms with Crippen LogP contribution in [0.5, 0.6) is 0 Å². The van der Waals surface area contributed by atoms with Gasteiger partial charge in [-0.15, -0.1) is 0 Å². The van der Waals surface area contributed by atoms with Gasteiger partial charge in [-0.05, 0) is 39.5 Å². The van der Waals surface area contributed by atoms with Gasteiger partial charge in [-0.2, -0.15) is 0 Å². The summed E-state index contributed by atoms with van der Waals surface area (Å²) >= 11 is 16.9. The van der Waals surface area contributed by atoms with Crippen LogP contribution in [0.4, 0.5) is 4.79 Å². The van der Waals surface area contributed by atoms with Crippen molar-refractivity contribution in [2.24, 2.45) is 5.92 Å². The number of nitrogens with one attached hydrogen (secondary N) is 1. The summed E-state index contributed by atoms with van der Waals surface area (Å²) in [6.07, 6.45) is -0.257. The number of carbonyl (C=O) groups is 2. The maximum atomic E-state index is 11.6. The Balaban J connectivity index is 4.57. The average molecular weight is 349 g/mol. The second kappa shape index (κ2) is 7.57. The first-order chi connectivity index (χ1) is 8.82. The highest BCUT2D eigenvalue weighted by Crippen LogP contribution is 2.33. The molecular weight excluding hydrogens is 328 g/mol. The van der Waals surface area contributed by atoms with Gasteiger partial charge in [0.2, 0.25) is 0 Å². The molecule has 0 aliphatic heterocycles. The number of aliphatic carboxylic acids is 1. The molecule has 0 aliphatic rings. The van der Waals surface area contributed by atoms with Crippen LogP contribution >= 0.6 is 34.8 Å². The van der Waals surface area contributed by atoms with Gasteiger partial charge in [-0.1, -0.05) is 41.7 Å². The van der Waals surface area contributed by atoms with E-state index in [4.69, 9.17) is 44.6 Å². The standard InChI is InChI=1S/C12H20Cl3NO4/c1-7(5-6-12(13,14)15)8(9(17)18)16-10(19)20-11(2,3)4/h7-8H,5-6H2,1-4H3,(H,16,19)(H,17,18). The molecule has 0 aliphatic carbocycles. The number of hydrogen-bond donors (Lipinski definition) is 2. The van der Waals surface area contributed by atoms with Crippen molar-refractivity contribution in [1.29, 1.82) is 0 Å². The molecule has 2 atom stereocenters. The third kappa shape index (κ3) is 9.50. The molecule has 0 spiro atoms. The summed E-state index contributed by atoms with van der Waals surface area (Å²) in [7, 11) is 0. The molecule has 0 bridgehead atoms. The molecule has 0 saturated carbocycles. The minimum absolute atomic E-state index is 0.193. The van der Waals surface area contributed by atoms with Gasteiger partial charge in [-0.25, -0.2) is 9.59 Å². The van der Waals surface area contributed by atoms with Crippen molar-refractivity contribution in [3.05, 3.63) is 0 Å². The molecule has 0 fully saturated rings. The SMILES string of the molecule is CC(CCC(Cl)(Cl)Cl)C(NC(=O)OC(C)(C)C)C(=O)O. The lowest BCUT2D eigenvalue weighted by Crippen LogP contribution is -2.47. The van der Waals surface area contributed by atoms with Crippen LogP contribution in [0.3, 0.4) is 0 Å². The van der Waals surface area contributed by atoms with Gasteiger partial charge in [0.15, 0.2) is 3.79 Å². The molecule has 8 heteroatoms. The van der Waals surface area contributed by atoms with Gasteiger partial charge in [0.25, 0.3) is 0 Å². The van der Waals surface area contributed by atoms with Crippen molar-refractivity contribution < 1.29 is 19.4 Å². The fraction of sp³-hybridized carbons (Fsp3) is 0.833. The molecule has 1 amide bonds. The first-order valence-electron chi connectivity index (χ1n) is 6.11. The van der Waals surface area contributed by atoms with E-state index in [1.807, 2.05) is 0 Å². The van der Waals surface area contributed by atoms with E-state index in [1.54, 1.807) is 27.7 Å². The van der Waals surface area contributed by atoms with Crippen LogP contribution < -0.4 is 5.32 Å². The number of halogens is 3. The Morgan fingerprint density at radius 3 is 2.10 bits per heavy atom. The highest BCUT2D eigenvalue weighted by atomic mass is 35.6. The Kier molecular flexibility index (Phi) is 7.42. The quantitative estimate of drug-likeness (QED) is 0.742. The molecule has 0 aromatic rings. The third-order valence-electron chi connectivity index (χ3n) is 2.39. The number of alkyl carbamates (subject to hydrolysis) is 1. The molecule has 0 aromatic carbocycles. The molecular formula is C12H20Cl3NO4. The van der Waals surface area contributed by atoms with Crippen molar-refractivity contribution in [2.45, 2.75) is 56.0 Å². The number of carboxylic acid groups (broad SMARTS) is 1. The van der Waals surface area contributed by atoms with Crippen LogP contribution in [0, 0.1) is 5.92 Å². The Labute approximate surface area is 133 Å². The summed E-state index contributed by atoms with van der Waals surface area (Å²) in [4.78, 5) is 22.8. The zero-order chi connectivity index (χ0) is 16.1. The molecule has 0 rings (SSSR count). The van der Waals surface area contributed by atoms with Crippen LogP contribution in [0.15, 0.2) is 0 Å². The summed E-state index contributed by atoms with van der Waals surface area (Å²) in [6.45, 7) is 6.73. The summed E-state index contributed by atoms with van der Waals surface area (Å²) < 4.78 is 3.58. The number of hydrogen-bond acceptors (Lipinski definition) is 3. The van der Waals surface area contributed by atoms with Crippen molar-refractivity contribution >= 4 is 46.9 Å². The number of rotatable bonds is 5. The van der Waals surface area contributed by atoms with Crippen LogP contribution in [-0.2, 0) is 9.53 Å². The molecule has 118 valence electrons. The predicted molar refractivity (Wildman–Crippen MR) is 79.5 cm³/mol. The lowest BCUT2D eigenvalue weighted by molar-refractivity contribution is -0.140. The van der Waals surface area contributed by atoms with Gasteiger partial charge in [0.1, 0.15) is 11.6 Å². The fourth-order valence-corrected chi connectivity index (χ4v) is 1.77. The lowest BCUT2D eigenvalue weighted by atomic mass is 9.97. The molecule has 20 heavy (non-hydrogen) atoms. The van der Waals surface area contributed by atoms with Crippen LogP contribution in [0.2, 0.25) is 0 Å². The second-order valence-electron chi connectivity index (χ2n) is 5.59. The zero-order valence-electron chi connectivity index (χ0n) is 11.9. The fourth-order valence-electron chi connectivity index (χ4n) is 1.44. The monoisotopic (exact) mass is 347 g/mol. The highest BCUT2D eigenvalue weighted by molar-refractivity contribution is 6.67. The van der Waals surface area contributed by atoms with E-state index in [2.05, 4.69) is 5.32 Å². The molecule has 2 N–H and O–H groups in total. The van der Waals surface area contributed by atoms with E-state index in [1.165, 1.54) is 0 Å². The normalized spacial score (nSPS) is 15.3. The molecule has 2 unspecified atom stereocenters. The van der Waals surface area contributed by atoms with Gasteiger partial charge in [0.05, 0.1) is 0 Å². The molecule has 0 heterocycles. The van der Waals surface area contributed by atoms with Crippen molar-refractivity contribution in [1.82, 2.24) is 5.32 Å². The van der Waals surface area contributed by atoms with E-state index in [-0.39, 0.29) is 6.42 Å². The summed E-state index contributed by atoms with van der Waals surface area (Å²) in [6, 6.07) is -1.10. The Morgan fingerprint density at radius 2 is 1.75 bits per heavy atom. The van der Waals surface area contributed by atoms with Gasteiger partial charge in [0, 0.05) is 0 Å². The summed E-state index contributed by atoms with van der Waals surface area (Å²) in [5.41, 5.74) is -0.700. The number of ether oxygens (including phenoxy) is 1. The number of alkyl halides is 3. The largest absolute Gasteiger partial charge is 0.480 e. The van der Waals surface area contributed by atoms with Crippen LogP contribution in [-0.4, -0.2) is 32.6 Å². The number of carbonyl (C=O) groups excluding carboxylic acids is 1. The van der Waals surface area contributed by atoms with E-state index < -0.39 is 33.4 Å². The van der Waals surface area contributed by atoms with E-state index >= 15 is 0 Å². The Bertz CT molecular complexity index is 350. The van der Waals surface area contributed by atoms with E-state index in [0.717, 1.165) is 0 Å². The van der Waals surface area contributed by atoms with Gasteiger partial charge < -0.3 is 15.2 Å². The third-order valence-corrected chi connectivity index (χ3v) is 2.96. The van der Waals surface area contributed by atoms with Gasteiger partial charge in [-0.3, -0.25) is 0 Å². The summed E-state index contributed by atoms with van der Waals surface area (Å²) in [5, 5.41) is 11.5. The van der Waals surface area contributed by atoms with Crippen molar-refractivity contribution in [3.63, 3.8) is 0 Å². The number of amides is 1. The minimum Gasteiger partial charge on any atom is -0.480 e. The van der Waals surface area contributed by atoms with E-state index in [9.17, 15) is 9.59 Å². The topological polar surface area (TPSA) is 75.6 Å². The predicted octanol–water partition coefficient (Wildman–Crippen LogP) is 3.75. The molecule has 5 nitrogen and oxygen atoms in total. The first kappa shape index (κ1) is 19.6. The van der Waals surface area contributed by atoms with Gasteiger partial charge >= 0.3 is 12.1 Å².